The summed E-state index contributed by atoms with van der Waals surface area (Å²) in [5.41, 5.74) is 1.62. The Hall–Kier alpha value is -3.76. The van der Waals surface area contributed by atoms with E-state index in [1.807, 2.05) is 0 Å². The zero-order chi connectivity index (χ0) is 25.7. The van der Waals surface area contributed by atoms with Crippen molar-refractivity contribution < 1.29 is 27.1 Å². The Bertz CT molecular complexity index is 1360. The highest BCUT2D eigenvalue weighted by Crippen LogP contribution is 2.24. The van der Waals surface area contributed by atoms with Gasteiger partial charge in [-0.05, 0) is 42.0 Å². The Labute approximate surface area is 209 Å². The number of benzene rings is 3. The Morgan fingerprint density at radius 2 is 1.61 bits per heavy atom. The summed E-state index contributed by atoms with van der Waals surface area (Å²) >= 11 is 0. The molecule has 0 atom stereocenters. The smallest absolute Gasteiger partial charge is 0.256 e. The lowest BCUT2D eigenvalue weighted by molar-refractivity contribution is 0.0303. The van der Waals surface area contributed by atoms with Crippen molar-refractivity contribution in [3.05, 3.63) is 95.3 Å². The van der Waals surface area contributed by atoms with Crippen LogP contribution in [0.4, 0.5) is 15.8 Å². The van der Waals surface area contributed by atoms with Crippen molar-refractivity contribution >= 4 is 33.2 Å². The number of carbonyl (C=O) groups excluding carboxylic acids is 2. The fourth-order valence-corrected chi connectivity index (χ4v) is 4.76. The molecular formula is C26H26FN3O5S. The van der Waals surface area contributed by atoms with Crippen LogP contribution >= 0.6 is 0 Å². The topological polar surface area (TPSA) is 96.0 Å². The molecule has 36 heavy (non-hydrogen) atoms. The molecule has 0 bridgehead atoms. The third kappa shape index (κ3) is 5.89. The van der Waals surface area contributed by atoms with E-state index in [9.17, 15) is 22.4 Å². The molecule has 3 aromatic rings. The predicted molar refractivity (Wildman–Crippen MR) is 135 cm³/mol. The number of amides is 2. The number of para-hydroxylation sites is 2. The van der Waals surface area contributed by atoms with Gasteiger partial charge in [0.05, 0.1) is 43.0 Å². The van der Waals surface area contributed by atoms with Gasteiger partial charge >= 0.3 is 0 Å². The summed E-state index contributed by atoms with van der Waals surface area (Å²) in [7, 11) is -3.76. The third-order valence-corrected chi connectivity index (χ3v) is 6.89. The number of carbonyl (C=O) groups is 2. The van der Waals surface area contributed by atoms with Crippen LogP contribution in [0.15, 0.2) is 72.8 Å². The van der Waals surface area contributed by atoms with E-state index in [1.54, 1.807) is 59.5 Å². The summed E-state index contributed by atoms with van der Waals surface area (Å²) in [6.45, 7) is 1.82. The van der Waals surface area contributed by atoms with Gasteiger partial charge in [0.1, 0.15) is 5.82 Å². The van der Waals surface area contributed by atoms with Crippen molar-refractivity contribution in [2.45, 2.75) is 6.54 Å². The third-order valence-electron chi connectivity index (χ3n) is 5.77. The van der Waals surface area contributed by atoms with Gasteiger partial charge in [0.2, 0.25) is 10.0 Å². The van der Waals surface area contributed by atoms with Gasteiger partial charge < -0.3 is 15.0 Å². The fraction of sp³-hybridized carbons (Fsp3) is 0.231. The molecule has 8 nitrogen and oxygen atoms in total. The maximum atomic E-state index is 14.3. The largest absolute Gasteiger partial charge is 0.378 e. The van der Waals surface area contributed by atoms with Gasteiger partial charge in [-0.2, -0.15) is 0 Å². The summed E-state index contributed by atoms with van der Waals surface area (Å²) in [4.78, 5) is 27.5. The molecule has 1 saturated heterocycles. The monoisotopic (exact) mass is 511 g/mol. The van der Waals surface area contributed by atoms with Crippen LogP contribution in [0.3, 0.4) is 0 Å². The molecule has 1 N–H and O–H groups in total. The minimum absolute atomic E-state index is 0.0524. The zero-order valence-corrected chi connectivity index (χ0v) is 20.5. The minimum Gasteiger partial charge on any atom is -0.378 e. The number of sulfonamides is 1. The Morgan fingerprint density at radius 3 is 2.28 bits per heavy atom. The first-order valence-corrected chi connectivity index (χ1v) is 13.2. The number of rotatable bonds is 7. The van der Waals surface area contributed by atoms with E-state index < -0.39 is 21.7 Å². The van der Waals surface area contributed by atoms with Crippen molar-refractivity contribution in [3.63, 3.8) is 0 Å². The molecule has 10 heteroatoms. The van der Waals surface area contributed by atoms with E-state index in [2.05, 4.69) is 5.32 Å². The molecule has 0 aliphatic carbocycles. The van der Waals surface area contributed by atoms with E-state index in [4.69, 9.17) is 4.74 Å². The second-order valence-electron chi connectivity index (χ2n) is 8.32. The maximum Gasteiger partial charge on any atom is 0.256 e. The zero-order valence-electron chi connectivity index (χ0n) is 19.7. The number of hydrogen-bond acceptors (Lipinski definition) is 5. The average molecular weight is 512 g/mol. The van der Waals surface area contributed by atoms with Gasteiger partial charge in [0.15, 0.2) is 0 Å². The van der Waals surface area contributed by atoms with Crippen LogP contribution in [0, 0.1) is 5.82 Å². The molecule has 0 unspecified atom stereocenters. The Kier molecular flexibility index (Phi) is 7.66. The molecule has 1 fully saturated rings. The molecule has 2 amide bonds. The normalized spacial score (nSPS) is 13.8. The van der Waals surface area contributed by atoms with Gasteiger partial charge in [-0.25, -0.2) is 12.8 Å². The lowest BCUT2D eigenvalue weighted by Gasteiger charge is -2.27. The highest BCUT2D eigenvalue weighted by Gasteiger charge is 2.23. The minimum atomic E-state index is -3.76. The Morgan fingerprint density at radius 1 is 0.972 bits per heavy atom. The number of halogens is 1. The number of nitrogens with zero attached hydrogens (tertiary/aromatic N) is 2. The quantitative estimate of drug-likeness (QED) is 0.524. The Balaban J connectivity index is 1.49. The first-order chi connectivity index (χ1) is 17.2. The van der Waals surface area contributed by atoms with Crippen LogP contribution in [0.5, 0.6) is 0 Å². The summed E-state index contributed by atoms with van der Waals surface area (Å²) in [6, 6.07) is 18.8. The summed E-state index contributed by atoms with van der Waals surface area (Å²) in [5, 5.41) is 2.79. The van der Waals surface area contributed by atoms with Gasteiger partial charge in [-0.1, -0.05) is 36.4 Å². The molecular weight excluding hydrogens is 485 g/mol. The molecule has 0 radical (unpaired) electrons. The number of hydrogen-bond donors (Lipinski definition) is 1. The molecule has 1 heterocycles. The number of anilines is 2. The molecule has 4 rings (SSSR count). The highest BCUT2D eigenvalue weighted by molar-refractivity contribution is 7.92. The molecule has 0 saturated carbocycles. The van der Waals surface area contributed by atoms with Crippen LogP contribution in [0.2, 0.25) is 0 Å². The van der Waals surface area contributed by atoms with Gasteiger partial charge in [0.25, 0.3) is 11.8 Å². The van der Waals surface area contributed by atoms with Gasteiger partial charge in [-0.3, -0.25) is 13.9 Å². The van der Waals surface area contributed by atoms with E-state index in [0.717, 1.165) is 10.6 Å². The highest BCUT2D eigenvalue weighted by atomic mass is 32.2. The molecule has 1 aliphatic heterocycles. The van der Waals surface area contributed by atoms with Crippen molar-refractivity contribution in [1.82, 2.24) is 4.90 Å². The van der Waals surface area contributed by atoms with Gasteiger partial charge in [0, 0.05) is 18.7 Å². The number of nitrogens with one attached hydrogen (secondary N) is 1. The van der Waals surface area contributed by atoms with E-state index in [1.165, 1.54) is 18.2 Å². The molecule has 188 valence electrons. The van der Waals surface area contributed by atoms with Crippen molar-refractivity contribution in [3.8, 4) is 0 Å². The fourth-order valence-electron chi connectivity index (χ4n) is 3.87. The second kappa shape index (κ2) is 10.9. The average Bonchev–Trinajstić information content (AvgIpc) is 2.88. The standard InChI is InChI=1S/C26H26FN3O5S/c1-36(33,34)30(24-9-5-3-7-22(24)27)18-19-10-12-20(13-11-19)25(31)28-23-8-4-2-6-21(23)26(32)29-14-16-35-17-15-29/h2-13H,14-18H2,1H3,(H,28,31). The van der Waals surface area contributed by atoms with Gasteiger partial charge in [-0.15, -0.1) is 0 Å². The lowest BCUT2D eigenvalue weighted by Crippen LogP contribution is -2.41. The molecule has 0 spiro atoms. The lowest BCUT2D eigenvalue weighted by atomic mass is 10.1. The molecule has 0 aromatic heterocycles. The van der Waals surface area contributed by atoms with Crippen molar-refractivity contribution in [2.24, 2.45) is 0 Å². The van der Waals surface area contributed by atoms with E-state index in [0.29, 0.717) is 48.7 Å². The predicted octanol–water partition coefficient (Wildman–Crippen LogP) is 3.52. The maximum absolute atomic E-state index is 14.3. The van der Waals surface area contributed by atoms with Crippen LogP contribution in [0.1, 0.15) is 26.3 Å². The van der Waals surface area contributed by atoms with Crippen LogP contribution in [-0.4, -0.2) is 57.7 Å². The summed E-state index contributed by atoms with van der Waals surface area (Å²) < 4.78 is 45.2. The molecule has 3 aromatic carbocycles. The van der Waals surface area contributed by atoms with E-state index >= 15 is 0 Å². The van der Waals surface area contributed by atoms with Crippen LogP contribution < -0.4 is 9.62 Å². The number of ether oxygens (including phenoxy) is 1. The first-order valence-electron chi connectivity index (χ1n) is 11.3. The van der Waals surface area contributed by atoms with Crippen LogP contribution in [0.25, 0.3) is 0 Å². The molecule has 1 aliphatic rings. The van der Waals surface area contributed by atoms with Crippen molar-refractivity contribution in [2.75, 3.05) is 42.2 Å². The SMILES string of the molecule is CS(=O)(=O)N(Cc1ccc(C(=O)Nc2ccccc2C(=O)N2CCOCC2)cc1)c1ccccc1F. The first kappa shape index (κ1) is 25.3. The van der Waals surface area contributed by atoms with E-state index in [-0.39, 0.29) is 18.1 Å². The van der Waals surface area contributed by atoms with Crippen molar-refractivity contribution in [1.29, 1.82) is 0 Å². The second-order valence-corrected chi connectivity index (χ2v) is 10.2. The summed E-state index contributed by atoms with van der Waals surface area (Å²) in [5.74, 6) is -1.25. The summed E-state index contributed by atoms with van der Waals surface area (Å²) in [6.07, 6.45) is 1.01. The van der Waals surface area contributed by atoms with Crippen LogP contribution in [-0.2, 0) is 21.3 Å². The number of morpholine rings is 1.